The molecule has 0 bridgehead atoms. The SMILES string of the molecule is Cc1cccc2c1Oc1[nH]c(-c3ccc(F)cc3)nc(=S)c1C2. The molecule has 1 N–H and O–H groups in total. The molecule has 23 heavy (non-hydrogen) atoms. The Morgan fingerprint density at radius 1 is 1.17 bits per heavy atom. The Bertz CT molecular complexity index is 964. The predicted molar refractivity (Wildman–Crippen MR) is 88.9 cm³/mol. The summed E-state index contributed by atoms with van der Waals surface area (Å²) in [6.07, 6.45) is 0.693. The molecule has 3 nitrogen and oxygen atoms in total. The molecule has 0 aliphatic carbocycles. The largest absolute Gasteiger partial charge is 0.440 e. The second kappa shape index (κ2) is 5.28. The van der Waals surface area contributed by atoms with Crippen molar-refractivity contribution in [1.29, 1.82) is 0 Å². The summed E-state index contributed by atoms with van der Waals surface area (Å²) in [4.78, 5) is 7.63. The number of aryl methyl sites for hydroxylation is 1. The number of halogens is 1. The van der Waals surface area contributed by atoms with Crippen molar-refractivity contribution in [1.82, 2.24) is 9.97 Å². The Labute approximate surface area is 137 Å². The van der Waals surface area contributed by atoms with Crippen molar-refractivity contribution in [3.05, 3.63) is 69.6 Å². The molecule has 4 rings (SSSR count). The maximum Gasteiger partial charge on any atom is 0.205 e. The van der Waals surface area contributed by atoms with Crippen molar-refractivity contribution < 1.29 is 9.13 Å². The summed E-state index contributed by atoms with van der Waals surface area (Å²) in [6, 6.07) is 12.2. The molecule has 0 amide bonds. The van der Waals surface area contributed by atoms with E-state index in [1.54, 1.807) is 12.1 Å². The summed E-state index contributed by atoms with van der Waals surface area (Å²) >= 11 is 5.43. The molecule has 2 aromatic carbocycles. The number of fused-ring (bicyclic) bond motifs is 2. The van der Waals surface area contributed by atoms with Crippen LogP contribution in [0.15, 0.2) is 42.5 Å². The van der Waals surface area contributed by atoms with E-state index >= 15 is 0 Å². The van der Waals surface area contributed by atoms with Gasteiger partial charge in [0.15, 0.2) is 0 Å². The predicted octanol–water partition coefficient (Wildman–Crippen LogP) is 4.95. The number of benzene rings is 2. The highest BCUT2D eigenvalue weighted by Gasteiger charge is 2.21. The van der Waals surface area contributed by atoms with Gasteiger partial charge in [0.1, 0.15) is 22.0 Å². The first kappa shape index (κ1) is 14.1. The maximum absolute atomic E-state index is 13.1. The van der Waals surface area contributed by atoms with Crippen LogP contribution in [-0.2, 0) is 6.42 Å². The Morgan fingerprint density at radius 3 is 2.74 bits per heavy atom. The average Bonchev–Trinajstić information content (AvgIpc) is 2.55. The van der Waals surface area contributed by atoms with Crippen LogP contribution in [-0.4, -0.2) is 9.97 Å². The van der Waals surface area contributed by atoms with Crippen molar-refractivity contribution in [2.45, 2.75) is 13.3 Å². The molecule has 1 aliphatic heterocycles. The van der Waals surface area contributed by atoms with E-state index in [-0.39, 0.29) is 5.82 Å². The van der Waals surface area contributed by atoms with Gasteiger partial charge in [-0.15, -0.1) is 0 Å². The molecule has 0 atom stereocenters. The molecule has 114 valence electrons. The summed E-state index contributed by atoms with van der Waals surface area (Å²) in [5.41, 5.74) is 3.82. The monoisotopic (exact) mass is 324 g/mol. The molecule has 3 aromatic rings. The van der Waals surface area contributed by atoms with Gasteiger partial charge < -0.3 is 9.72 Å². The summed E-state index contributed by atoms with van der Waals surface area (Å²) in [5.74, 6) is 1.77. The fourth-order valence-corrected chi connectivity index (χ4v) is 3.01. The third-order valence-corrected chi connectivity index (χ3v) is 4.30. The first-order chi connectivity index (χ1) is 11.1. The third kappa shape index (κ3) is 2.43. The number of aromatic amines is 1. The number of rotatable bonds is 1. The van der Waals surface area contributed by atoms with Crippen molar-refractivity contribution >= 4 is 12.2 Å². The average molecular weight is 324 g/mol. The van der Waals surface area contributed by atoms with Gasteiger partial charge in [0.2, 0.25) is 5.88 Å². The van der Waals surface area contributed by atoms with E-state index in [2.05, 4.69) is 9.97 Å². The molecule has 0 saturated heterocycles. The topological polar surface area (TPSA) is 37.9 Å². The minimum absolute atomic E-state index is 0.286. The summed E-state index contributed by atoms with van der Waals surface area (Å²) < 4.78 is 19.6. The molecule has 2 heterocycles. The van der Waals surface area contributed by atoms with E-state index < -0.39 is 0 Å². The molecular weight excluding hydrogens is 311 g/mol. The van der Waals surface area contributed by atoms with Gasteiger partial charge in [-0.25, -0.2) is 9.37 Å². The van der Waals surface area contributed by atoms with Crippen molar-refractivity contribution in [2.24, 2.45) is 0 Å². The van der Waals surface area contributed by atoms with Gasteiger partial charge in [-0.1, -0.05) is 30.4 Å². The van der Waals surface area contributed by atoms with Crippen molar-refractivity contribution in [3.8, 4) is 23.0 Å². The number of nitrogens with one attached hydrogen (secondary N) is 1. The van der Waals surface area contributed by atoms with E-state index in [1.165, 1.54) is 12.1 Å². The van der Waals surface area contributed by atoms with Gasteiger partial charge in [-0.05, 0) is 42.3 Å². The molecule has 0 fully saturated rings. The van der Waals surface area contributed by atoms with Crippen LogP contribution in [0.4, 0.5) is 4.39 Å². The molecule has 0 spiro atoms. The van der Waals surface area contributed by atoms with Gasteiger partial charge in [-0.2, -0.15) is 0 Å². The fourth-order valence-electron chi connectivity index (χ4n) is 2.76. The Hall–Kier alpha value is -2.53. The van der Waals surface area contributed by atoms with E-state index in [4.69, 9.17) is 17.0 Å². The quantitative estimate of drug-likeness (QED) is 0.503. The Morgan fingerprint density at radius 2 is 1.96 bits per heavy atom. The van der Waals surface area contributed by atoms with E-state index in [0.29, 0.717) is 22.8 Å². The normalized spacial score (nSPS) is 12.3. The van der Waals surface area contributed by atoms with Crippen LogP contribution < -0.4 is 4.74 Å². The van der Waals surface area contributed by atoms with Gasteiger partial charge in [0, 0.05) is 12.0 Å². The zero-order valence-corrected chi connectivity index (χ0v) is 13.2. The minimum atomic E-state index is -0.286. The van der Waals surface area contributed by atoms with Crippen LogP contribution in [0, 0.1) is 17.4 Å². The van der Waals surface area contributed by atoms with E-state index in [9.17, 15) is 4.39 Å². The highest BCUT2D eigenvalue weighted by molar-refractivity contribution is 7.71. The molecule has 1 aliphatic rings. The van der Waals surface area contributed by atoms with Crippen molar-refractivity contribution in [2.75, 3.05) is 0 Å². The lowest BCUT2D eigenvalue weighted by Crippen LogP contribution is -2.08. The number of hydrogen-bond donors (Lipinski definition) is 1. The molecule has 1 aromatic heterocycles. The number of hydrogen-bond acceptors (Lipinski definition) is 3. The highest BCUT2D eigenvalue weighted by atomic mass is 32.1. The number of nitrogens with zero attached hydrogens (tertiary/aromatic N) is 1. The van der Waals surface area contributed by atoms with Crippen LogP contribution >= 0.6 is 12.2 Å². The van der Waals surface area contributed by atoms with Crippen LogP contribution in [0.5, 0.6) is 11.6 Å². The van der Waals surface area contributed by atoms with Crippen LogP contribution in [0.25, 0.3) is 11.4 Å². The Kier molecular flexibility index (Phi) is 3.23. The number of H-pyrrole nitrogens is 1. The maximum atomic E-state index is 13.1. The van der Waals surface area contributed by atoms with Crippen LogP contribution in [0.1, 0.15) is 16.7 Å². The summed E-state index contributed by atoms with van der Waals surface area (Å²) in [5, 5.41) is 0. The summed E-state index contributed by atoms with van der Waals surface area (Å²) in [7, 11) is 0. The fraction of sp³-hybridized carbons (Fsp3) is 0.111. The van der Waals surface area contributed by atoms with E-state index in [1.807, 2.05) is 25.1 Å². The Balaban J connectivity index is 1.83. The standard InChI is InChI=1S/C18H13FN2OS/c1-10-3-2-4-12-9-14-17(22-15(10)12)20-16(21-18(14)23)11-5-7-13(19)8-6-11/h2-8H,9H2,1H3,(H,20,21,23). The lowest BCUT2D eigenvalue weighted by atomic mass is 10.0. The first-order valence-electron chi connectivity index (χ1n) is 7.27. The molecule has 0 radical (unpaired) electrons. The van der Waals surface area contributed by atoms with Crippen LogP contribution in [0.3, 0.4) is 0 Å². The van der Waals surface area contributed by atoms with Crippen LogP contribution in [0.2, 0.25) is 0 Å². The molecule has 0 saturated carbocycles. The smallest absolute Gasteiger partial charge is 0.205 e. The number of para-hydroxylation sites is 1. The van der Waals surface area contributed by atoms with Gasteiger partial charge in [0.05, 0.1) is 5.56 Å². The lowest BCUT2D eigenvalue weighted by Gasteiger charge is -2.21. The van der Waals surface area contributed by atoms with Gasteiger partial charge in [-0.3, -0.25) is 0 Å². The minimum Gasteiger partial charge on any atom is -0.440 e. The second-order valence-electron chi connectivity index (χ2n) is 5.55. The van der Waals surface area contributed by atoms with Gasteiger partial charge in [0.25, 0.3) is 0 Å². The molecular formula is C18H13FN2OS. The zero-order valence-electron chi connectivity index (χ0n) is 12.4. The zero-order chi connectivity index (χ0) is 16.0. The van der Waals surface area contributed by atoms with Crippen molar-refractivity contribution in [3.63, 3.8) is 0 Å². The third-order valence-electron chi connectivity index (χ3n) is 3.96. The van der Waals surface area contributed by atoms with Gasteiger partial charge >= 0.3 is 0 Å². The first-order valence-corrected chi connectivity index (χ1v) is 7.68. The number of ether oxygens (including phenoxy) is 1. The molecule has 0 unspecified atom stereocenters. The van der Waals surface area contributed by atoms with E-state index in [0.717, 1.165) is 28.0 Å². The second-order valence-corrected chi connectivity index (χ2v) is 5.93. The molecule has 5 heteroatoms. The summed E-state index contributed by atoms with van der Waals surface area (Å²) in [6.45, 7) is 2.01. The highest BCUT2D eigenvalue weighted by Crippen LogP contribution is 2.38. The number of aromatic nitrogens is 2. The lowest BCUT2D eigenvalue weighted by molar-refractivity contribution is 0.435.